The van der Waals surface area contributed by atoms with Crippen LogP contribution >= 0.6 is 0 Å². The molecule has 1 amide bonds. The highest BCUT2D eigenvalue weighted by molar-refractivity contribution is 6.38. The largest absolute Gasteiger partial charge is 0.480 e. The Morgan fingerprint density at radius 1 is 1.32 bits per heavy atom. The van der Waals surface area contributed by atoms with Gasteiger partial charge in [0, 0.05) is 13.7 Å². The minimum atomic E-state index is -1.05. The van der Waals surface area contributed by atoms with Gasteiger partial charge in [0.1, 0.15) is 6.04 Å². The molecule has 6 heteroatoms. The molecular formula is C13H21NO5. The van der Waals surface area contributed by atoms with Crippen molar-refractivity contribution in [3.63, 3.8) is 0 Å². The molecule has 1 heterocycles. The lowest BCUT2D eigenvalue weighted by molar-refractivity contribution is -0.158. The zero-order valence-electron chi connectivity index (χ0n) is 11.6. The number of aliphatic carboxylic acids is 1. The Labute approximate surface area is 112 Å². The van der Waals surface area contributed by atoms with E-state index in [4.69, 9.17) is 9.84 Å². The fourth-order valence-electron chi connectivity index (χ4n) is 2.28. The van der Waals surface area contributed by atoms with Gasteiger partial charge in [-0.2, -0.15) is 0 Å². The SMILES string of the molecule is COCC(C)(C)C(=O)C(=O)N1CCCCC1C(=O)O. The van der Waals surface area contributed by atoms with Crippen molar-refractivity contribution in [2.45, 2.75) is 39.2 Å². The molecule has 0 aliphatic carbocycles. The minimum Gasteiger partial charge on any atom is -0.480 e. The van der Waals surface area contributed by atoms with Gasteiger partial charge in [0.05, 0.1) is 12.0 Å². The van der Waals surface area contributed by atoms with E-state index in [-0.39, 0.29) is 6.61 Å². The molecule has 1 fully saturated rings. The van der Waals surface area contributed by atoms with Crippen molar-refractivity contribution in [1.29, 1.82) is 0 Å². The highest BCUT2D eigenvalue weighted by atomic mass is 16.5. The fourth-order valence-corrected chi connectivity index (χ4v) is 2.28. The van der Waals surface area contributed by atoms with Crippen LogP contribution in [0.2, 0.25) is 0 Å². The fraction of sp³-hybridized carbons (Fsp3) is 0.769. The molecule has 1 aliphatic heterocycles. The number of methoxy groups -OCH3 is 1. The quantitative estimate of drug-likeness (QED) is 0.744. The molecular weight excluding hydrogens is 250 g/mol. The summed E-state index contributed by atoms with van der Waals surface area (Å²) in [6, 6.07) is -0.886. The Kier molecular flexibility index (Phi) is 5.05. The van der Waals surface area contributed by atoms with E-state index in [0.717, 1.165) is 12.8 Å². The van der Waals surface area contributed by atoms with Gasteiger partial charge in [0.15, 0.2) is 0 Å². The molecule has 0 aromatic rings. The summed E-state index contributed by atoms with van der Waals surface area (Å²) in [4.78, 5) is 36.7. The number of ether oxygens (including phenoxy) is 1. The van der Waals surface area contributed by atoms with Gasteiger partial charge >= 0.3 is 5.97 Å². The van der Waals surface area contributed by atoms with Crippen LogP contribution in [0.15, 0.2) is 0 Å². The highest BCUT2D eigenvalue weighted by Gasteiger charge is 2.40. The summed E-state index contributed by atoms with van der Waals surface area (Å²) in [6.07, 6.45) is 1.89. The van der Waals surface area contributed by atoms with Crippen molar-refractivity contribution in [1.82, 2.24) is 4.90 Å². The first-order valence-electron chi connectivity index (χ1n) is 6.38. The Hall–Kier alpha value is -1.43. The summed E-state index contributed by atoms with van der Waals surface area (Å²) < 4.78 is 4.93. The molecule has 108 valence electrons. The van der Waals surface area contributed by atoms with Crippen molar-refractivity contribution in [2.75, 3.05) is 20.3 Å². The van der Waals surface area contributed by atoms with Crippen LogP contribution < -0.4 is 0 Å². The molecule has 1 saturated heterocycles. The maximum absolute atomic E-state index is 12.2. The normalized spacial score (nSPS) is 20.2. The van der Waals surface area contributed by atoms with Gasteiger partial charge in [-0.25, -0.2) is 4.79 Å². The molecule has 6 nitrogen and oxygen atoms in total. The lowest BCUT2D eigenvalue weighted by Gasteiger charge is -2.34. The monoisotopic (exact) mass is 271 g/mol. The molecule has 0 aromatic carbocycles. The van der Waals surface area contributed by atoms with Crippen molar-refractivity contribution in [3.05, 3.63) is 0 Å². The predicted octanol–water partition coefficient (Wildman–Crippen LogP) is 0.694. The van der Waals surface area contributed by atoms with E-state index in [1.165, 1.54) is 12.0 Å². The number of rotatable bonds is 5. The number of likely N-dealkylation sites (tertiary alicyclic amines) is 1. The summed E-state index contributed by atoms with van der Waals surface area (Å²) in [7, 11) is 1.46. The van der Waals surface area contributed by atoms with E-state index in [2.05, 4.69) is 0 Å². The lowest BCUT2D eigenvalue weighted by Crippen LogP contribution is -2.53. The minimum absolute atomic E-state index is 0.128. The molecule has 1 rings (SSSR count). The first-order chi connectivity index (χ1) is 8.81. The molecule has 1 aliphatic rings. The van der Waals surface area contributed by atoms with Gasteiger partial charge in [-0.3, -0.25) is 9.59 Å². The number of amides is 1. The van der Waals surface area contributed by atoms with Crippen LogP contribution in [0.1, 0.15) is 33.1 Å². The third-order valence-corrected chi connectivity index (χ3v) is 3.36. The molecule has 0 aromatic heterocycles. The van der Waals surface area contributed by atoms with Crippen molar-refractivity contribution in [2.24, 2.45) is 5.41 Å². The Bertz CT molecular complexity index is 377. The van der Waals surface area contributed by atoms with Crippen LogP contribution in [0.5, 0.6) is 0 Å². The second-order valence-electron chi connectivity index (χ2n) is 5.49. The van der Waals surface area contributed by atoms with Gasteiger partial charge in [-0.05, 0) is 19.3 Å². The van der Waals surface area contributed by atoms with E-state index in [1.807, 2.05) is 0 Å². The summed E-state index contributed by atoms with van der Waals surface area (Å²) in [6.45, 7) is 3.70. The first kappa shape index (κ1) is 15.6. The van der Waals surface area contributed by atoms with E-state index in [9.17, 15) is 14.4 Å². The molecule has 1 N–H and O–H groups in total. The van der Waals surface area contributed by atoms with Gasteiger partial charge in [0.2, 0.25) is 5.78 Å². The second kappa shape index (κ2) is 6.14. The van der Waals surface area contributed by atoms with Gasteiger partial charge in [-0.15, -0.1) is 0 Å². The van der Waals surface area contributed by atoms with Crippen LogP contribution in [0.3, 0.4) is 0 Å². The van der Waals surface area contributed by atoms with E-state index < -0.39 is 29.1 Å². The smallest absolute Gasteiger partial charge is 0.326 e. The van der Waals surface area contributed by atoms with Gasteiger partial charge < -0.3 is 14.7 Å². The van der Waals surface area contributed by atoms with Crippen LogP contribution in [0, 0.1) is 5.41 Å². The maximum Gasteiger partial charge on any atom is 0.326 e. The second-order valence-corrected chi connectivity index (χ2v) is 5.49. The number of ketones is 1. The maximum atomic E-state index is 12.2. The van der Waals surface area contributed by atoms with Gasteiger partial charge in [0.25, 0.3) is 5.91 Å². The summed E-state index contributed by atoms with van der Waals surface area (Å²) >= 11 is 0. The van der Waals surface area contributed by atoms with Crippen LogP contribution in [0.4, 0.5) is 0 Å². The molecule has 1 atom stereocenters. The van der Waals surface area contributed by atoms with Crippen LogP contribution in [-0.4, -0.2) is 54.0 Å². The van der Waals surface area contributed by atoms with E-state index >= 15 is 0 Å². The number of hydrogen-bond donors (Lipinski definition) is 1. The number of carbonyl (C=O) groups excluding carboxylic acids is 2. The predicted molar refractivity (Wildman–Crippen MR) is 67.7 cm³/mol. The number of piperidine rings is 1. The highest BCUT2D eigenvalue weighted by Crippen LogP contribution is 2.23. The number of carbonyl (C=O) groups is 3. The zero-order chi connectivity index (χ0) is 14.6. The molecule has 1 unspecified atom stereocenters. The standard InChI is InChI=1S/C13H21NO5/c1-13(2,8-19-3)10(15)11(16)14-7-5-4-6-9(14)12(17)18/h9H,4-8H2,1-3H3,(H,17,18). The average molecular weight is 271 g/mol. The van der Waals surface area contributed by atoms with Crippen molar-refractivity contribution >= 4 is 17.7 Å². The zero-order valence-corrected chi connectivity index (χ0v) is 11.6. The van der Waals surface area contributed by atoms with E-state index in [1.54, 1.807) is 13.8 Å². The summed E-state index contributed by atoms with van der Waals surface area (Å²) in [5.41, 5.74) is -0.938. The Morgan fingerprint density at radius 2 is 1.95 bits per heavy atom. The number of carboxylic acid groups (broad SMARTS) is 1. The Morgan fingerprint density at radius 3 is 2.47 bits per heavy atom. The van der Waals surface area contributed by atoms with E-state index in [0.29, 0.717) is 13.0 Å². The van der Waals surface area contributed by atoms with Gasteiger partial charge in [-0.1, -0.05) is 13.8 Å². The number of carboxylic acids is 1. The average Bonchev–Trinajstić information content (AvgIpc) is 2.36. The topological polar surface area (TPSA) is 83.9 Å². The summed E-state index contributed by atoms with van der Waals surface area (Å²) in [5.74, 6) is -2.36. The third-order valence-electron chi connectivity index (χ3n) is 3.36. The molecule has 0 radical (unpaired) electrons. The number of Topliss-reactive ketones (excluding diaryl/α,β-unsaturated/α-hetero) is 1. The third kappa shape index (κ3) is 3.53. The Balaban J connectivity index is 2.85. The number of nitrogens with zero attached hydrogens (tertiary/aromatic N) is 1. The molecule has 0 spiro atoms. The first-order valence-corrected chi connectivity index (χ1v) is 6.38. The molecule has 0 saturated carbocycles. The molecule has 0 bridgehead atoms. The van der Waals surface area contributed by atoms with Crippen molar-refractivity contribution in [3.8, 4) is 0 Å². The van der Waals surface area contributed by atoms with Crippen molar-refractivity contribution < 1.29 is 24.2 Å². The lowest BCUT2D eigenvalue weighted by atomic mass is 9.87. The molecule has 19 heavy (non-hydrogen) atoms. The number of hydrogen-bond acceptors (Lipinski definition) is 4. The van der Waals surface area contributed by atoms with Crippen LogP contribution in [0.25, 0.3) is 0 Å². The summed E-state index contributed by atoms with van der Waals surface area (Å²) in [5, 5.41) is 9.12. The van der Waals surface area contributed by atoms with Crippen LogP contribution in [-0.2, 0) is 19.1 Å².